The van der Waals surface area contributed by atoms with Crippen molar-refractivity contribution in [1.29, 1.82) is 0 Å². The number of aliphatic hydroxyl groups excluding tert-OH is 1. The molecular weight excluding hydrogens is 186 g/mol. The maximum Gasteiger partial charge on any atom is 0.122 e. The molecule has 0 aliphatic heterocycles. The van der Waals surface area contributed by atoms with Crippen molar-refractivity contribution in [2.24, 2.45) is 0 Å². The molecule has 0 bridgehead atoms. The van der Waals surface area contributed by atoms with Crippen molar-refractivity contribution in [3.63, 3.8) is 0 Å². The van der Waals surface area contributed by atoms with Crippen molar-refractivity contribution in [3.8, 4) is 5.75 Å². The van der Waals surface area contributed by atoms with Gasteiger partial charge in [-0.05, 0) is 12.1 Å². The van der Waals surface area contributed by atoms with Gasteiger partial charge in [-0.15, -0.1) is 11.8 Å². The van der Waals surface area contributed by atoms with E-state index in [2.05, 4.69) is 0 Å². The van der Waals surface area contributed by atoms with Crippen LogP contribution in [0.1, 0.15) is 0 Å². The van der Waals surface area contributed by atoms with E-state index in [1.165, 1.54) is 0 Å². The lowest BCUT2D eigenvalue weighted by molar-refractivity contribution is 0.322. The van der Waals surface area contributed by atoms with Gasteiger partial charge < -0.3 is 15.6 Å². The van der Waals surface area contributed by atoms with Gasteiger partial charge in [-0.2, -0.15) is 0 Å². The van der Waals surface area contributed by atoms with Gasteiger partial charge in [-0.1, -0.05) is 0 Å². The Morgan fingerprint density at radius 3 is 2.85 bits per heavy atom. The first kappa shape index (κ1) is 10.2. The molecule has 0 atom stereocenters. The van der Waals surface area contributed by atoms with Gasteiger partial charge in [0, 0.05) is 22.4 Å². The summed E-state index contributed by atoms with van der Waals surface area (Å²) < 4.78 is 5.06. The van der Waals surface area contributed by atoms with E-state index < -0.39 is 0 Å². The third-order valence-corrected chi connectivity index (χ3v) is 2.45. The number of aliphatic hydroxyl groups is 1. The van der Waals surface area contributed by atoms with Crippen LogP contribution in [0.15, 0.2) is 23.1 Å². The first-order valence-electron chi connectivity index (χ1n) is 3.94. The van der Waals surface area contributed by atoms with E-state index in [9.17, 15) is 0 Å². The van der Waals surface area contributed by atoms with Crippen LogP contribution in [0.25, 0.3) is 0 Å². The molecule has 0 saturated heterocycles. The fourth-order valence-electron chi connectivity index (χ4n) is 0.958. The summed E-state index contributed by atoms with van der Waals surface area (Å²) in [5.41, 5.74) is 6.33. The quantitative estimate of drug-likeness (QED) is 0.568. The van der Waals surface area contributed by atoms with Crippen molar-refractivity contribution >= 4 is 17.4 Å². The van der Waals surface area contributed by atoms with Crippen LogP contribution in [-0.2, 0) is 0 Å². The molecule has 0 saturated carbocycles. The normalized spacial score (nSPS) is 10.0. The number of ether oxygens (including phenoxy) is 1. The number of hydrogen-bond acceptors (Lipinski definition) is 4. The summed E-state index contributed by atoms with van der Waals surface area (Å²) >= 11 is 1.55. The number of methoxy groups -OCH3 is 1. The van der Waals surface area contributed by atoms with E-state index in [0.717, 1.165) is 10.6 Å². The minimum absolute atomic E-state index is 0.168. The number of anilines is 1. The zero-order valence-corrected chi connectivity index (χ0v) is 8.30. The molecule has 1 aromatic carbocycles. The zero-order chi connectivity index (χ0) is 9.68. The van der Waals surface area contributed by atoms with Gasteiger partial charge in [0.05, 0.1) is 13.7 Å². The van der Waals surface area contributed by atoms with Crippen LogP contribution in [0.5, 0.6) is 5.75 Å². The summed E-state index contributed by atoms with van der Waals surface area (Å²) in [4.78, 5) is 1.02. The molecule has 1 aromatic rings. The van der Waals surface area contributed by atoms with E-state index in [-0.39, 0.29) is 6.61 Å². The molecule has 4 heteroatoms. The van der Waals surface area contributed by atoms with E-state index >= 15 is 0 Å². The van der Waals surface area contributed by atoms with Gasteiger partial charge in [0.25, 0.3) is 0 Å². The summed E-state index contributed by atoms with van der Waals surface area (Å²) in [5, 5.41) is 8.64. The van der Waals surface area contributed by atoms with Crippen molar-refractivity contribution in [1.82, 2.24) is 0 Å². The third-order valence-electron chi connectivity index (χ3n) is 1.50. The van der Waals surface area contributed by atoms with Crippen molar-refractivity contribution in [2.45, 2.75) is 4.90 Å². The Kier molecular flexibility index (Phi) is 3.92. The second-order valence-corrected chi connectivity index (χ2v) is 3.68. The Labute approximate surface area is 81.9 Å². The summed E-state index contributed by atoms with van der Waals surface area (Å²) in [6, 6.07) is 5.53. The number of nitrogen functional groups attached to an aromatic ring is 1. The predicted molar refractivity (Wildman–Crippen MR) is 55.2 cm³/mol. The largest absolute Gasteiger partial charge is 0.497 e. The first-order valence-corrected chi connectivity index (χ1v) is 4.93. The summed E-state index contributed by atoms with van der Waals surface area (Å²) in [6.07, 6.45) is 0. The topological polar surface area (TPSA) is 55.5 Å². The lowest BCUT2D eigenvalue weighted by atomic mass is 10.3. The third kappa shape index (κ3) is 3.16. The smallest absolute Gasteiger partial charge is 0.122 e. The van der Waals surface area contributed by atoms with Gasteiger partial charge in [0.1, 0.15) is 5.75 Å². The molecule has 0 heterocycles. The Hall–Kier alpha value is -0.870. The molecule has 3 N–H and O–H groups in total. The number of rotatable bonds is 4. The lowest BCUT2D eigenvalue weighted by Crippen LogP contribution is -1.91. The van der Waals surface area contributed by atoms with E-state index in [4.69, 9.17) is 15.6 Å². The SMILES string of the molecule is COc1cc(N)cc(SCCO)c1. The highest BCUT2D eigenvalue weighted by Crippen LogP contribution is 2.26. The molecule has 3 nitrogen and oxygen atoms in total. The first-order chi connectivity index (χ1) is 6.26. The Morgan fingerprint density at radius 2 is 2.23 bits per heavy atom. The highest BCUT2D eigenvalue weighted by molar-refractivity contribution is 7.99. The van der Waals surface area contributed by atoms with Crippen molar-refractivity contribution < 1.29 is 9.84 Å². The maximum atomic E-state index is 8.64. The molecule has 0 amide bonds. The number of thioether (sulfide) groups is 1. The molecule has 72 valence electrons. The predicted octanol–water partition coefficient (Wildman–Crippen LogP) is 1.36. The molecule has 0 unspecified atom stereocenters. The minimum Gasteiger partial charge on any atom is -0.497 e. The van der Waals surface area contributed by atoms with E-state index in [1.807, 2.05) is 12.1 Å². The number of nitrogens with two attached hydrogens (primary N) is 1. The van der Waals surface area contributed by atoms with Gasteiger partial charge in [0.2, 0.25) is 0 Å². The Balaban J connectivity index is 2.76. The van der Waals surface area contributed by atoms with E-state index in [1.54, 1.807) is 24.9 Å². The molecule has 0 spiro atoms. The highest BCUT2D eigenvalue weighted by Gasteiger charge is 1.99. The fraction of sp³-hybridized carbons (Fsp3) is 0.333. The monoisotopic (exact) mass is 199 g/mol. The van der Waals surface area contributed by atoms with Crippen LogP contribution < -0.4 is 10.5 Å². The summed E-state index contributed by atoms with van der Waals surface area (Å²) in [6.45, 7) is 0.168. The van der Waals surface area contributed by atoms with Crippen molar-refractivity contribution in [2.75, 3.05) is 25.2 Å². The Bertz CT molecular complexity index is 278. The average Bonchev–Trinajstić information content (AvgIpc) is 2.14. The van der Waals surface area contributed by atoms with Crippen LogP contribution in [0.4, 0.5) is 5.69 Å². The molecule has 0 aromatic heterocycles. The Morgan fingerprint density at radius 1 is 1.46 bits per heavy atom. The van der Waals surface area contributed by atoms with Crippen LogP contribution in [0.2, 0.25) is 0 Å². The molecular formula is C9H13NO2S. The average molecular weight is 199 g/mol. The summed E-state index contributed by atoms with van der Waals surface area (Å²) in [7, 11) is 1.61. The number of benzene rings is 1. The highest BCUT2D eigenvalue weighted by atomic mass is 32.2. The lowest BCUT2D eigenvalue weighted by Gasteiger charge is -2.05. The second-order valence-electron chi connectivity index (χ2n) is 2.51. The van der Waals surface area contributed by atoms with Gasteiger partial charge in [-0.3, -0.25) is 0 Å². The molecule has 13 heavy (non-hydrogen) atoms. The number of hydrogen-bond donors (Lipinski definition) is 2. The van der Waals surface area contributed by atoms with Crippen LogP contribution in [-0.4, -0.2) is 24.6 Å². The minimum atomic E-state index is 0.168. The van der Waals surface area contributed by atoms with Crippen LogP contribution >= 0.6 is 11.8 Å². The van der Waals surface area contributed by atoms with Crippen molar-refractivity contribution in [3.05, 3.63) is 18.2 Å². The molecule has 1 rings (SSSR count). The maximum absolute atomic E-state index is 8.64. The van der Waals surface area contributed by atoms with Crippen LogP contribution in [0.3, 0.4) is 0 Å². The van der Waals surface area contributed by atoms with Crippen LogP contribution in [0, 0.1) is 0 Å². The fourth-order valence-corrected chi connectivity index (χ4v) is 1.70. The zero-order valence-electron chi connectivity index (χ0n) is 7.49. The summed E-state index contributed by atoms with van der Waals surface area (Å²) in [5.74, 6) is 1.42. The molecule has 0 radical (unpaired) electrons. The molecule has 0 aliphatic rings. The molecule has 0 aliphatic carbocycles. The van der Waals surface area contributed by atoms with Gasteiger partial charge in [-0.25, -0.2) is 0 Å². The van der Waals surface area contributed by atoms with Gasteiger partial charge in [0.15, 0.2) is 0 Å². The standard InChI is InChI=1S/C9H13NO2S/c1-12-8-4-7(10)5-9(6-8)13-3-2-11/h4-6,11H,2-3,10H2,1H3. The molecule has 0 fully saturated rings. The second kappa shape index (κ2) is 4.99. The van der Waals surface area contributed by atoms with E-state index in [0.29, 0.717) is 11.4 Å². The van der Waals surface area contributed by atoms with Gasteiger partial charge >= 0.3 is 0 Å².